The van der Waals surface area contributed by atoms with Crippen molar-refractivity contribution < 1.29 is 9.59 Å². The van der Waals surface area contributed by atoms with E-state index in [2.05, 4.69) is 5.32 Å². The lowest BCUT2D eigenvalue weighted by Gasteiger charge is -2.34. The van der Waals surface area contributed by atoms with Crippen LogP contribution in [-0.2, 0) is 9.59 Å². The van der Waals surface area contributed by atoms with E-state index in [0.29, 0.717) is 13.1 Å². The molecule has 74 valence electrons. The van der Waals surface area contributed by atoms with Crippen molar-refractivity contribution >= 4 is 11.8 Å². The highest BCUT2D eigenvalue weighted by molar-refractivity contribution is 5.77. The summed E-state index contributed by atoms with van der Waals surface area (Å²) in [5, 5.41) is 3.12. The zero-order valence-corrected chi connectivity index (χ0v) is 7.75. The quantitative estimate of drug-likeness (QED) is 0.560. The number of primary amides is 1. The van der Waals surface area contributed by atoms with Crippen LogP contribution in [-0.4, -0.2) is 42.4 Å². The summed E-state index contributed by atoms with van der Waals surface area (Å²) in [6.45, 7) is 3.62. The van der Waals surface area contributed by atoms with Crippen molar-refractivity contribution in [1.29, 1.82) is 0 Å². The van der Waals surface area contributed by atoms with Crippen LogP contribution in [0.1, 0.15) is 13.3 Å². The van der Waals surface area contributed by atoms with Gasteiger partial charge in [0.2, 0.25) is 11.8 Å². The molecular weight excluding hydrogens is 170 g/mol. The summed E-state index contributed by atoms with van der Waals surface area (Å²) < 4.78 is 0. The molecular formula is C8H15N3O2. The van der Waals surface area contributed by atoms with Crippen LogP contribution in [0.4, 0.5) is 0 Å². The van der Waals surface area contributed by atoms with Crippen LogP contribution >= 0.6 is 0 Å². The second-order valence-corrected chi connectivity index (χ2v) is 3.24. The largest absolute Gasteiger partial charge is 0.370 e. The Morgan fingerprint density at radius 3 is 2.85 bits per heavy atom. The van der Waals surface area contributed by atoms with Crippen LogP contribution < -0.4 is 11.1 Å². The Morgan fingerprint density at radius 1 is 1.62 bits per heavy atom. The highest BCUT2D eigenvalue weighted by Gasteiger charge is 2.25. The minimum Gasteiger partial charge on any atom is -0.370 e. The Balaban J connectivity index is 2.56. The van der Waals surface area contributed by atoms with Crippen molar-refractivity contribution in [2.75, 3.05) is 19.6 Å². The predicted octanol–water partition coefficient (Wildman–Crippen LogP) is -1.32. The summed E-state index contributed by atoms with van der Waals surface area (Å²) in [5.41, 5.74) is 5.08. The van der Waals surface area contributed by atoms with Crippen molar-refractivity contribution in [3.05, 3.63) is 0 Å². The SMILES string of the molecule is CC(=O)N1CCNCC1CC(N)=O. The number of nitrogens with two attached hydrogens (primary N) is 1. The fourth-order valence-corrected chi connectivity index (χ4v) is 1.59. The van der Waals surface area contributed by atoms with Gasteiger partial charge in [-0.3, -0.25) is 9.59 Å². The molecule has 1 fully saturated rings. The molecule has 1 atom stereocenters. The maximum Gasteiger partial charge on any atom is 0.219 e. The van der Waals surface area contributed by atoms with Crippen molar-refractivity contribution in [2.45, 2.75) is 19.4 Å². The third kappa shape index (κ3) is 2.69. The van der Waals surface area contributed by atoms with Crippen molar-refractivity contribution in [2.24, 2.45) is 5.73 Å². The fourth-order valence-electron chi connectivity index (χ4n) is 1.59. The molecule has 1 heterocycles. The van der Waals surface area contributed by atoms with Crippen LogP contribution in [0.5, 0.6) is 0 Å². The maximum atomic E-state index is 11.1. The standard InChI is InChI=1S/C8H15N3O2/c1-6(12)11-3-2-10-5-7(11)4-8(9)13/h7,10H,2-5H2,1H3,(H2,9,13). The first-order valence-corrected chi connectivity index (χ1v) is 4.37. The first-order chi connectivity index (χ1) is 6.11. The van der Waals surface area contributed by atoms with Crippen molar-refractivity contribution in [3.63, 3.8) is 0 Å². The molecule has 0 aliphatic carbocycles. The molecule has 0 bridgehead atoms. The predicted molar refractivity (Wildman–Crippen MR) is 47.9 cm³/mol. The fraction of sp³-hybridized carbons (Fsp3) is 0.750. The summed E-state index contributed by atoms with van der Waals surface area (Å²) in [7, 11) is 0. The smallest absolute Gasteiger partial charge is 0.219 e. The molecule has 1 aliphatic rings. The molecule has 3 N–H and O–H groups in total. The van der Waals surface area contributed by atoms with Crippen LogP contribution in [0.25, 0.3) is 0 Å². The third-order valence-corrected chi connectivity index (χ3v) is 2.19. The van der Waals surface area contributed by atoms with Gasteiger partial charge in [-0.05, 0) is 0 Å². The summed E-state index contributed by atoms with van der Waals surface area (Å²) in [6.07, 6.45) is 0.243. The van der Waals surface area contributed by atoms with E-state index in [1.807, 2.05) is 0 Å². The number of nitrogens with one attached hydrogen (secondary N) is 1. The van der Waals surface area contributed by atoms with E-state index >= 15 is 0 Å². The monoisotopic (exact) mass is 185 g/mol. The normalized spacial score (nSPS) is 22.8. The van der Waals surface area contributed by atoms with E-state index in [1.54, 1.807) is 4.90 Å². The maximum absolute atomic E-state index is 11.1. The molecule has 0 saturated carbocycles. The van der Waals surface area contributed by atoms with Crippen molar-refractivity contribution in [3.8, 4) is 0 Å². The number of rotatable bonds is 2. The van der Waals surface area contributed by atoms with Gasteiger partial charge in [-0.1, -0.05) is 0 Å². The van der Waals surface area contributed by atoms with Crippen LogP contribution in [0.15, 0.2) is 0 Å². The Labute approximate surface area is 77.3 Å². The van der Waals surface area contributed by atoms with Gasteiger partial charge >= 0.3 is 0 Å². The van der Waals surface area contributed by atoms with E-state index < -0.39 is 0 Å². The molecule has 0 aromatic carbocycles. The molecule has 1 saturated heterocycles. The minimum atomic E-state index is -0.361. The van der Waals surface area contributed by atoms with E-state index in [4.69, 9.17) is 5.73 Å². The molecule has 0 spiro atoms. The molecule has 13 heavy (non-hydrogen) atoms. The first kappa shape index (κ1) is 9.98. The molecule has 0 aromatic rings. The van der Waals surface area contributed by atoms with Gasteiger partial charge < -0.3 is 16.0 Å². The number of amides is 2. The summed E-state index contributed by atoms with van der Waals surface area (Å²) in [6, 6.07) is -0.0660. The van der Waals surface area contributed by atoms with Gasteiger partial charge in [0.05, 0.1) is 6.04 Å². The van der Waals surface area contributed by atoms with E-state index in [1.165, 1.54) is 6.92 Å². The molecule has 5 nitrogen and oxygen atoms in total. The Hall–Kier alpha value is -1.10. The van der Waals surface area contributed by atoms with E-state index in [9.17, 15) is 9.59 Å². The highest BCUT2D eigenvalue weighted by Crippen LogP contribution is 2.06. The van der Waals surface area contributed by atoms with Gasteiger partial charge in [-0.25, -0.2) is 0 Å². The van der Waals surface area contributed by atoms with E-state index in [-0.39, 0.29) is 24.3 Å². The second-order valence-electron chi connectivity index (χ2n) is 3.24. The average Bonchev–Trinajstić information content (AvgIpc) is 2.03. The summed E-state index contributed by atoms with van der Waals surface area (Å²) in [4.78, 5) is 23.5. The molecule has 1 unspecified atom stereocenters. The zero-order valence-electron chi connectivity index (χ0n) is 7.75. The number of carbonyl (C=O) groups excluding carboxylic acids is 2. The average molecular weight is 185 g/mol. The lowest BCUT2D eigenvalue weighted by Crippen LogP contribution is -2.54. The number of nitrogens with zero attached hydrogens (tertiary/aromatic N) is 1. The second kappa shape index (κ2) is 4.23. The van der Waals surface area contributed by atoms with Crippen LogP contribution in [0.3, 0.4) is 0 Å². The lowest BCUT2D eigenvalue weighted by atomic mass is 10.1. The Morgan fingerprint density at radius 2 is 2.31 bits per heavy atom. The van der Waals surface area contributed by atoms with E-state index in [0.717, 1.165) is 6.54 Å². The number of hydrogen-bond donors (Lipinski definition) is 2. The summed E-state index contributed by atoms with van der Waals surface area (Å²) >= 11 is 0. The lowest BCUT2D eigenvalue weighted by molar-refractivity contribution is -0.133. The molecule has 5 heteroatoms. The Kier molecular flexibility index (Phi) is 3.25. The van der Waals surface area contributed by atoms with Crippen LogP contribution in [0.2, 0.25) is 0 Å². The molecule has 2 amide bonds. The van der Waals surface area contributed by atoms with Crippen LogP contribution in [0, 0.1) is 0 Å². The molecule has 0 radical (unpaired) electrons. The first-order valence-electron chi connectivity index (χ1n) is 4.37. The van der Waals surface area contributed by atoms with Gasteiger partial charge in [0.1, 0.15) is 0 Å². The molecule has 0 aromatic heterocycles. The number of hydrogen-bond acceptors (Lipinski definition) is 3. The van der Waals surface area contributed by atoms with Gasteiger partial charge in [-0.2, -0.15) is 0 Å². The molecule has 1 aliphatic heterocycles. The Bertz CT molecular complexity index is 217. The number of piperazine rings is 1. The molecule has 1 rings (SSSR count). The van der Waals surface area contributed by atoms with Gasteiger partial charge in [0, 0.05) is 33.0 Å². The topological polar surface area (TPSA) is 75.4 Å². The van der Waals surface area contributed by atoms with Crippen molar-refractivity contribution in [1.82, 2.24) is 10.2 Å². The van der Waals surface area contributed by atoms with Gasteiger partial charge in [0.15, 0.2) is 0 Å². The number of carbonyl (C=O) groups is 2. The minimum absolute atomic E-state index is 0.00718. The zero-order chi connectivity index (χ0) is 9.84. The van der Waals surface area contributed by atoms with Gasteiger partial charge in [0.25, 0.3) is 0 Å². The third-order valence-electron chi connectivity index (χ3n) is 2.19. The van der Waals surface area contributed by atoms with Gasteiger partial charge in [-0.15, -0.1) is 0 Å². The highest BCUT2D eigenvalue weighted by atomic mass is 16.2. The summed E-state index contributed by atoms with van der Waals surface area (Å²) in [5.74, 6) is -0.354.